The van der Waals surface area contributed by atoms with Crippen molar-refractivity contribution in [3.8, 4) is 0 Å². The fraction of sp³-hybridized carbons (Fsp3) is 0.571. The predicted octanol–water partition coefficient (Wildman–Crippen LogP) is 1.90. The van der Waals surface area contributed by atoms with Gasteiger partial charge in [-0.05, 0) is 13.3 Å². The lowest BCUT2D eigenvalue weighted by atomic mass is 10.2. The number of pyridine rings is 1. The molecule has 4 N–H and O–H groups in total. The Morgan fingerprint density at radius 3 is 2.71 bits per heavy atom. The number of ether oxygens (including phenoxy) is 1. The number of hydrogen-bond donors (Lipinski definition) is 2. The molecule has 2 aromatic rings. The summed E-state index contributed by atoms with van der Waals surface area (Å²) in [5.74, 6) is 1.36. The standard InChI is InChI=1S/C14H22ClN5O/c1-3-4-10-18-11-12(9(2)13(15)19-14(11)17)20(10)6-8-21-7-5-16/h3-8,16H2,1-2H3,(H2,17,19). The van der Waals surface area contributed by atoms with Gasteiger partial charge in [-0.15, -0.1) is 0 Å². The maximum Gasteiger partial charge on any atom is 0.153 e. The molecule has 21 heavy (non-hydrogen) atoms. The fourth-order valence-electron chi connectivity index (χ4n) is 2.39. The molecular formula is C14H22ClN5O. The van der Waals surface area contributed by atoms with E-state index < -0.39 is 0 Å². The lowest BCUT2D eigenvalue weighted by Crippen LogP contribution is -2.14. The molecule has 0 saturated heterocycles. The Balaban J connectivity index is 2.45. The topological polar surface area (TPSA) is 92.0 Å². The third-order valence-electron chi connectivity index (χ3n) is 3.37. The van der Waals surface area contributed by atoms with E-state index in [1.165, 1.54) is 0 Å². The molecular weight excluding hydrogens is 290 g/mol. The van der Waals surface area contributed by atoms with E-state index in [1.54, 1.807) is 0 Å². The van der Waals surface area contributed by atoms with Crippen LogP contribution in [0.25, 0.3) is 11.0 Å². The zero-order valence-corrected chi connectivity index (χ0v) is 13.3. The summed E-state index contributed by atoms with van der Waals surface area (Å²) < 4.78 is 7.62. The molecule has 0 unspecified atom stereocenters. The van der Waals surface area contributed by atoms with E-state index in [-0.39, 0.29) is 0 Å². The zero-order chi connectivity index (χ0) is 15.4. The highest BCUT2D eigenvalue weighted by Crippen LogP contribution is 2.28. The number of rotatable bonds is 7. The molecule has 0 aliphatic rings. The number of aromatic nitrogens is 3. The van der Waals surface area contributed by atoms with Crippen molar-refractivity contribution in [1.29, 1.82) is 0 Å². The van der Waals surface area contributed by atoms with Crippen LogP contribution in [0.2, 0.25) is 5.15 Å². The average molecular weight is 312 g/mol. The molecule has 0 radical (unpaired) electrons. The van der Waals surface area contributed by atoms with Crippen LogP contribution < -0.4 is 11.5 Å². The summed E-state index contributed by atoms with van der Waals surface area (Å²) in [7, 11) is 0. The first-order valence-electron chi connectivity index (χ1n) is 7.18. The molecule has 0 fully saturated rings. The van der Waals surface area contributed by atoms with E-state index >= 15 is 0 Å². The minimum absolute atomic E-state index is 0.375. The molecule has 0 spiro atoms. The Morgan fingerprint density at radius 1 is 1.29 bits per heavy atom. The fourth-order valence-corrected chi connectivity index (χ4v) is 2.58. The quantitative estimate of drug-likeness (QED) is 0.602. The maximum absolute atomic E-state index is 6.15. The van der Waals surface area contributed by atoms with Gasteiger partial charge in [-0.1, -0.05) is 18.5 Å². The van der Waals surface area contributed by atoms with E-state index in [9.17, 15) is 0 Å². The number of nitrogens with zero attached hydrogens (tertiary/aromatic N) is 3. The molecule has 0 saturated carbocycles. The second kappa shape index (κ2) is 7.06. The number of hydrogen-bond acceptors (Lipinski definition) is 5. The van der Waals surface area contributed by atoms with Gasteiger partial charge in [0.25, 0.3) is 0 Å². The van der Waals surface area contributed by atoms with Crippen molar-refractivity contribution >= 4 is 28.5 Å². The van der Waals surface area contributed by atoms with Crippen molar-refractivity contribution in [3.05, 3.63) is 16.5 Å². The Hall–Kier alpha value is -1.37. The zero-order valence-electron chi connectivity index (χ0n) is 12.5. The number of nitrogen functional groups attached to an aromatic ring is 1. The second-order valence-corrected chi connectivity index (χ2v) is 5.30. The van der Waals surface area contributed by atoms with Crippen LogP contribution in [0.15, 0.2) is 0 Å². The summed E-state index contributed by atoms with van der Waals surface area (Å²) in [5.41, 5.74) is 14.0. The molecule has 2 rings (SSSR count). The summed E-state index contributed by atoms with van der Waals surface area (Å²) in [5, 5.41) is 0.423. The monoisotopic (exact) mass is 311 g/mol. The molecule has 2 heterocycles. The van der Waals surface area contributed by atoms with Crippen LogP contribution >= 0.6 is 11.6 Å². The maximum atomic E-state index is 6.15. The highest BCUT2D eigenvalue weighted by atomic mass is 35.5. The number of nitrogens with two attached hydrogens (primary N) is 2. The van der Waals surface area contributed by atoms with Crippen molar-refractivity contribution in [2.75, 3.05) is 25.5 Å². The Labute approximate surface area is 129 Å². The molecule has 0 atom stereocenters. The smallest absolute Gasteiger partial charge is 0.153 e. The van der Waals surface area contributed by atoms with Gasteiger partial charge >= 0.3 is 0 Å². The van der Waals surface area contributed by atoms with Crippen LogP contribution in [0.1, 0.15) is 24.7 Å². The van der Waals surface area contributed by atoms with Crippen molar-refractivity contribution in [2.45, 2.75) is 33.2 Å². The third kappa shape index (κ3) is 3.28. The Morgan fingerprint density at radius 2 is 2.05 bits per heavy atom. The number of anilines is 1. The molecule has 0 aliphatic heterocycles. The number of imidazole rings is 1. The Kier molecular flexibility index (Phi) is 5.39. The molecule has 0 bridgehead atoms. The summed E-state index contributed by atoms with van der Waals surface area (Å²) in [4.78, 5) is 8.78. The SMILES string of the molecule is CCCc1nc2c(N)nc(Cl)c(C)c2n1CCOCCN. The van der Waals surface area contributed by atoms with Crippen molar-refractivity contribution in [2.24, 2.45) is 5.73 Å². The van der Waals surface area contributed by atoms with Crippen LogP contribution in [-0.2, 0) is 17.7 Å². The molecule has 7 heteroatoms. The van der Waals surface area contributed by atoms with Gasteiger partial charge in [-0.2, -0.15) is 0 Å². The highest BCUT2D eigenvalue weighted by Gasteiger charge is 2.17. The van der Waals surface area contributed by atoms with Crippen LogP contribution in [0.3, 0.4) is 0 Å². The van der Waals surface area contributed by atoms with Gasteiger partial charge in [-0.3, -0.25) is 0 Å². The number of halogens is 1. The molecule has 0 amide bonds. The van der Waals surface area contributed by atoms with E-state index in [4.69, 9.17) is 27.8 Å². The molecule has 0 aliphatic carbocycles. The molecule has 0 aromatic carbocycles. The van der Waals surface area contributed by atoms with Crippen LogP contribution in [0.4, 0.5) is 5.82 Å². The van der Waals surface area contributed by atoms with E-state index in [2.05, 4.69) is 21.5 Å². The van der Waals surface area contributed by atoms with Crippen molar-refractivity contribution in [3.63, 3.8) is 0 Å². The Bertz CT molecular complexity index is 626. The van der Waals surface area contributed by atoms with Gasteiger partial charge in [0.2, 0.25) is 0 Å². The third-order valence-corrected chi connectivity index (χ3v) is 3.74. The van der Waals surface area contributed by atoms with Gasteiger partial charge in [0.05, 0.1) is 18.7 Å². The summed E-state index contributed by atoms with van der Waals surface area (Å²) in [6, 6.07) is 0. The lowest BCUT2D eigenvalue weighted by Gasteiger charge is -2.11. The number of aryl methyl sites for hydroxylation is 2. The van der Waals surface area contributed by atoms with Crippen LogP contribution in [0.5, 0.6) is 0 Å². The van der Waals surface area contributed by atoms with E-state index in [0.717, 1.165) is 35.3 Å². The van der Waals surface area contributed by atoms with Crippen molar-refractivity contribution in [1.82, 2.24) is 14.5 Å². The van der Waals surface area contributed by atoms with Crippen LogP contribution in [0, 0.1) is 6.92 Å². The van der Waals surface area contributed by atoms with E-state index in [1.807, 2.05) is 6.92 Å². The summed E-state index contributed by atoms with van der Waals surface area (Å²) in [6.07, 6.45) is 1.88. The molecule has 116 valence electrons. The van der Waals surface area contributed by atoms with Gasteiger partial charge in [-0.25, -0.2) is 9.97 Å². The normalized spacial score (nSPS) is 11.4. The minimum atomic E-state index is 0.375. The van der Waals surface area contributed by atoms with Crippen LogP contribution in [-0.4, -0.2) is 34.3 Å². The first-order valence-corrected chi connectivity index (χ1v) is 7.56. The summed E-state index contributed by atoms with van der Waals surface area (Å²) >= 11 is 6.15. The van der Waals surface area contributed by atoms with Gasteiger partial charge in [0.15, 0.2) is 5.82 Å². The molecule has 2 aromatic heterocycles. The van der Waals surface area contributed by atoms with Gasteiger partial charge in [0, 0.05) is 25.1 Å². The van der Waals surface area contributed by atoms with Gasteiger partial charge < -0.3 is 20.8 Å². The summed E-state index contributed by atoms with van der Waals surface area (Å²) in [6.45, 7) is 6.42. The van der Waals surface area contributed by atoms with Gasteiger partial charge in [0.1, 0.15) is 16.5 Å². The van der Waals surface area contributed by atoms with Crippen molar-refractivity contribution < 1.29 is 4.74 Å². The van der Waals surface area contributed by atoms with E-state index in [0.29, 0.717) is 37.3 Å². The first kappa shape index (κ1) is 16.0. The highest BCUT2D eigenvalue weighted by molar-refractivity contribution is 6.31. The lowest BCUT2D eigenvalue weighted by molar-refractivity contribution is 0.133. The number of fused-ring (bicyclic) bond motifs is 1. The first-order chi connectivity index (χ1) is 10.1. The minimum Gasteiger partial charge on any atom is -0.382 e. The second-order valence-electron chi connectivity index (χ2n) is 4.94. The molecule has 6 nitrogen and oxygen atoms in total. The predicted molar refractivity (Wildman–Crippen MR) is 85.6 cm³/mol. The largest absolute Gasteiger partial charge is 0.382 e. The average Bonchev–Trinajstić information content (AvgIpc) is 2.81.